The summed E-state index contributed by atoms with van der Waals surface area (Å²) in [5.41, 5.74) is 0.939. The number of carboxylic acids is 1. The minimum atomic E-state index is -1.19. The number of hydrogen-bond donors (Lipinski definition) is 1. The quantitative estimate of drug-likeness (QED) is 0.614. The second-order valence-electron chi connectivity index (χ2n) is 5.87. The van der Waals surface area contributed by atoms with Gasteiger partial charge < -0.3 is 14.4 Å². The first-order valence-corrected chi connectivity index (χ1v) is 7.91. The fourth-order valence-corrected chi connectivity index (χ4v) is 3.25. The Kier molecular flexibility index (Phi) is 3.50. The van der Waals surface area contributed by atoms with E-state index in [-0.39, 0.29) is 5.69 Å². The molecule has 7 heteroatoms. The summed E-state index contributed by atoms with van der Waals surface area (Å²) in [5.74, 6) is -0.645. The predicted octanol–water partition coefficient (Wildman–Crippen LogP) is 2.58. The average molecular weight is 349 g/mol. The topological polar surface area (TPSA) is 86.3 Å². The number of hydrogen-bond acceptors (Lipinski definition) is 4. The van der Waals surface area contributed by atoms with Crippen LogP contribution >= 0.6 is 0 Å². The summed E-state index contributed by atoms with van der Waals surface area (Å²) in [7, 11) is 3.26. The summed E-state index contributed by atoms with van der Waals surface area (Å²) >= 11 is 0. The lowest BCUT2D eigenvalue weighted by atomic mass is 10.1. The third kappa shape index (κ3) is 2.17. The minimum absolute atomic E-state index is 0.167. The second kappa shape index (κ2) is 5.73. The zero-order valence-corrected chi connectivity index (χ0v) is 14.1. The Bertz CT molecular complexity index is 1240. The number of para-hydroxylation sites is 1. The number of benzene rings is 2. The molecule has 26 heavy (non-hydrogen) atoms. The van der Waals surface area contributed by atoms with E-state index in [1.807, 2.05) is 12.1 Å². The van der Waals surface area contributed by atoms with E-state index in [4.69, 9.17) is 4.74 Å². The highest BCUT2D eigenvalue weighted by Crippen LogP contribution is 2.28. The molecule has 1 N–H and O–H groups in total. The van der Waals surface area contributed by atoms with Gasteiger partial charge in [-0.1, -0.05) is 24.3 Å². The molecule has 0 bridgehead atoms. The number of fused-ring (bicyclic) bond motifs is 3. The Morgan fingerprint density at radius 2 is 1.92 bits per heavy atom. The van der Waals surface area contributed by atoms with Gasteiger partial charge in [0.15, 0.2) is 5.69 Å². The van der Waals surface area contributed by atoms with E-state index >= 15 is 0 Å². The Hall–Kier alpha value is -3.61. The summed E-state index contributed by atoms with van der Waals surface area (Å²) in [5, 5.41) is 14.9. The predicted molar refractivity (Wildman–Crippen MR) is 97.3 cm³/mol. The molecule has 4 aromatic rings. The number of aryl methyl sites for hydroxylation is 1. The molecule has 7 nitrogen and oxygen atoms in total. The van der Waals surface area contributed by atoms with Crippen molar-refractivity contribution in [2.24, 2.45) is 7.05 Å². The maximum absolute atomic E-state index is 13.1. The average Bonchev–Trinajstić information content (AvgIpc) is 2.96. The normalized spacial score (nSPS) is 11.2. The molecule has 2 heterocycles. The molecule has 0 saturated carbocycles. The smallest absolute Gasteiger partial charge is 0.357 e. The van der Waals surface area contributed by atoms with Crippen molar-refractivity contribution in [3.63, 3.8) is 0 Å². The monoisotopic (exact) mass is 349 g/mol. The molecular weight excluding hydrogens is 334 g/mol. The number of methoxy groups -OCH3 is 1. The van der Waals surface area contributed by atoms with Crippen LogP contribution in [-0.2, 0) is 7.05 Å². The van der Waals surface area contributed by atoms with E-state index in [1.165, 1.54) is 7.11 Å². The van der Waals surface area contributed by atoms with E-state index in [9.17, 15) is 14.7 Å². The van der Waals surface area contributed by atoms with Crippen LogP contribution in [0.2, 0.25) is 0 Å². The highest BCUT2D eigenvalue weighted by molar-refractivity contribution is 6.15. The first kappa shape index (κ1) is 15.9. The van der Waals surface area contributed by atoms with Gasteiger partial charge in [-0.2, -0.15) is 9.78 Å². The van der Waals surface area contributed by atoms with Gasteiger partial charge >= 0.3 is 5.97 Å². The summed E-state index contributed by atoms with van der Waals surface area (Å²) < 4.78 is 8.00. The van der Waals surface area contributed by atoms with Gasteiger partial charge in [-0.15, -0.1) is 0 Å². The van der Waals surface area contributed by atoms with Gasteiger partial charge in [-0.05, 0) is 18.2 Å². The van der Waals surface area contributed by atoms with Crippen molar-refractivity contribution in [1.82, 2.24) is 14.3 Å². The number of carbonyl (C=O) groups is 1. The van der Waals surface area contributed by atoms with Crippen LogP contribution in [0.15, 0.2) is 53.3 Å². The Morgan fingerprint density at radius 3 is 2.65 bits per heavy atom. The molecule has 4 rings (SSSR count). The van der Waals surface area contributed by atoms with Gasteiger partial charge in [0.05, 0.1) is 12.8 Å². The molecule has 0 fully saturated rings. The van der Waals surface area contributed by atoms with E-state index in [0.717, 1.165) is 10.2 Å². The molecular formula is C19H15N3O4. The number of ether oxygens (including phenoxy) is 1. The Labute approximate surface area is 147 Å². The van der Waals surface area contributed by atoms with Crippen molar-refractivity contribution in [2.45, 2.75) is 0 Å². The van der Waals surface area contributed by atoms with E-state index in [1.54, 1.807) is 48.0 Å². The SMILES string of the molecule is COc1cccc(-n2nc(C(=O)O)c3c4ccccc4n(C)c3c2=O)c1. The highest BCUT2D eigenvalue weighted by Gasteiger charge is 2.22. The second-order valence-corrected chi connectivity index (χ2v) is 5.87. The summed E-state index contributed by atoms with van der Waals surface area (Å²) in [6.07, 6.45) is 0. The largest absolute Gasteiger partial charge is 0.497 e. The molecule has 2 aromatic heterocycles. The van der Waals surface area contributed by atoms with Crippen LogP contribution in [0.4, 0.5) is 0 Å². The standard InChI is InChI=1S/C19H15N3O4/c1-21-14-9-4-3-8-13(14)15-16(19(24)25)20-22(18(23)17(15)21)11-6-5-7-12(10-11)26-2/h3-10H,1-2H3,(H,24,25). The molecule has 0 saturated heterocycles. The Balaban J connectivity index is 2.19. The maximum atomic E-state index is 13.1. The number of nitrogens with zero attached hydrogens (tertiary/aromatic N) is 3. The van der Waals surface area contributed by atoms with Crippen molar-refractivity contribution in [2.75, 3.05) is 7.11 Å². The molecule has 2 aromatic carbocycles. The summed E-state index contributed by atoms with van der Waals surface area (Å²) in [6, 6.07) is 14.1. The number of carboxylic acid groups (broad SMARTS) is 1. The number of rotatable bonds is 3. The van der Waals surface area contributed by atoms with Crippen LogP contribution in [0.25, 0.3) is 27.5 Å². The lowest BCUT2D eigenvalue weighted by Gasteiger charge is -2.09. The van der Waals surface area contributed by atoms with Crippen molar-refractivity contribution < 1.29 is 14.6 Å². The molecule has 130 valence electrons. The van der Waals surface area contributed by atoms with E-state index in [2.05, 4.69) is 5.10 Å². The van der Waals surface area contributed by atoms with Crippen LogP contribution < -0.4 is 10.3 Å². The first-order valence-electron chi connectivity index (χ1n) is 7.91. The number of aromatic nitrogens is 3. The summed E-state index contributed by atoms with van der Waals surface area (Å²) in [4.78, 5) is 25.0. The van der Waals surface area contributed by atoms with Gasteiger partial charge in [-0.25, -0.2) is 4.79 Å². The van der Waals surface area contributed by atoms with Gasteiger partial charge in [0.2, 0.25) is 0 Å². The van der Waals surface area contributed by atoms with Crippen molar-refractivity contribution in [1.29, 1.82) is 0 Å². The molecule has 0 aliphatic rings. The third-order valence-electron chi connectivity index (χ3n) is 4.44. The number of aromatic carboxylic acids is 1. The molecule has 0 spiro atoms. The zero-order valence-electron chi connectivity index (χ0n) is 14.1. The fraction of sp³-hybridized carbons (Fsp3) is 0.105. The van der Waals surface area contributed by atoms with Crippen molar-refractivity contribution in [3.05, 3.63) is 64.6 Å². The molecule has 0 aliphatic carbocycles. The molecule has 0 radical (unpaired) electrons. The van der Waals surface area contributed by atoms with E-state index in [0.29, 0.717) is 27.7 Å². The van der Waals surface area contributed by atoms with Crippen LogP contribution in [0.5, 0.6) is 5.75 Å². The van der Waals surface area contributed by atoms with Crippen LogP contribution in [0.1, 0.15) is 10.5 Å². The first-order chi connectivity index (χ1) is 12.5. The molecule has 0 unspecified atom stereocenters. The van der Waals surface area contributed by atoms with Crippen LogP contribution in [0.3, 0.4) is 0 Å². The summed E-state index contributed by atoms with van der Waals surface area (Å²) in [6.45, 7) is 0. The van der Waals surface area contributed by atoms with Gasteiger partial charge in [0.1, 0.15) is 11.3 Å². The third-order valence-corrected chi connectivity index (χ3v) is 4.44. The molecule has 0 aliphatic heterocycles. The Morgan fingerprint density at radius 1 is 1.15 bits per heavy atom. The van der Waals surface area contributed by atoms with Gasteiger partial charge in [0.25, 0.3) is 5.56 Å². The molecule has 0 atom stereocenters. The molecule has 0 amide bonds. The maximum Gasteiger partial charge on any atom is 0.357 e. The lowest BCUT2D eigenvalue weighted by molar-refractivity contribution is 0.0691. The fourth-order valence-electron chi connectivity index (χ4n) is 3.25. The van der Waals surface area contributed by atoms with Crippen molar-refractivity contribution in [3.8, 4) is 11.4 Å². The highest BCUT2D eigenvalue weighted by atomic mass is 16.5. The minimum Gasteiger partial charge on any atom is -0.497 e. The van der Waals surface area contributed by atoms with Crippen molar-refractivity contribution >= 4 is 27.8 Å². The zero-order chi connectivity index (χ0) is 18.4. The van der Waals surface area contributed by atoms with Crippen LogP contribution in [-0.4, -0.2) is 32.5 Å². The van der Waals surface area contributed by atoms with E-state index < -0.39 is 11.5 Å². The van der Waals surface area contributed by atoms with Crippen LogP contribution in [0, 0.1) is 0 Å². The van der Waals surface area contributed by atoms with Gasteiger partial charge in [-0.3, -0.25) is 4.79 Å². The lowest BCUT2D eigenvalue weighted by Crippen LogP contribution is -2.25. The van der Waals surface area contributed by atoms with Gasteiger partial charge in [0, 0.05) is 29.4 Å².